The summed E-state index contributed by atoms with van der Waals surface area (Å²) in [5.41, 5.74) is 40.0. The predicted octanol–water partition coefficient (Wildman–Crippen LogP) is 18.6. The number of aryl methyl sites for hydroxylation is 6. The van der Waals surface area contributed by atoms with Gasteiger partial charge in [0.15, 0.2) is 0 Å². The number of hydrogen-bond donors (Lipinski definition) is 0. The van der Waals surface area contributed by atoms with Crippen LogP contribution in [-0.2, 0) is 48.9 Å². The van der Waals surface area contributed by atoms with Gasteiger partial charge in [-0.3, -0.25) is 14.7 Å². The molecule has 0 amide bonds. The quantitative estimate of drug-likeness (QED) is 0.163. The van der Waals surface area contributed by atoms with Gasteiger partial charge < -0.3 is 14.7 Å². The van der Waals surface area contributed by atoms with Gasteiger partial charge in [0.05, 0.1) is 20.0 Å². The Kier molecular flexibility index (Phi) is 14.0. The number of benzene rings is 9. The van der Waals surface area contributed by atoms with Gasteiger partial charge in [-0.25, -0.2) is 0 Å². The van der Waals surface area contributed by atoms with Crippen LogP contribution in [0.4, 0.5) is 17.1 Å². The van der Waals surface area contributed by atoms with Gasteiger partial charge >= 0.3 is 0 Å². The number of nitrogens with zero attached hydrogens (tertiary/aromatic N) is 6. The molecule has 3 aliphatic heterocycles. The lowest BCUT2D eigenvalue weighted by Crippen LogP contribution is -2.49. The van der Waals surface area contributed by atoms with Gasteiger partial charge in [0, 0.05) is 67.2 Å². The van der Waals surface area contributed by atoms with Crippen LogP contribution in [0.3, 0.4) is 0 Å². The summed E-state index contributed by atoms with van der Waals surface area (Å²) >= 11 is 24.2. The summed E-state index contributed by atoms with van der Waals surface area (Å²) in [7, 11) is 6.62. The van der Waals surface area contributed by atoms with Crippen molar-refractivity contribution in [2.75, 3.05) is 75.5 Å². The van der Waals surface area contributed by atoms with E-state index in [4.69, 9.17) is 23.2 Å². The van der Waals surface area contributed by atoms with Crippen LogP contribution in [0.1, 0.15) is 185 Å². The molecule has 3 heterocycles. The Morgan fingerprint density at radius 2 is 0.559 bits per heavy atom. The fourth-order valence-corrected chi connectivity index (χ4v) is 21.6. The molecule has 6 nitrogen and oxygen atoms in total. The molecule has 12 aliphatic rings. The number of alkyl halides is 4. The van der Waals surface area contributed by atoms with Gasteiger partial charge in [0.25, 0.3) is 0 Å². The second kappa shape index (κ2) is 21.1. The third kappa shape index (κ3) is 8.10. The van der Waals surface area contributed by atoms with Crippen molar-refractivity contribution >= 4 is 72.1 Å². The molecule has 6 atom stereocenters. The third-order valence-electron chi connectivity index (χ3n) is 23.7. The van der Waals surface area contributed by atoms with Crippen molar-refractivity contribution in [3.05, 3.63) is 296 Å². The first-order chi connectivity index (χ1) is 44.4. The Morgan fingerprint density at radius 1 is 0.323 bits per heavy atom. The second-order valence-corrected chi connectivity index (χ2v) is 32.6. The Labute approximate surface area is 578 Å². The second-order valence-electron chi connectivity index (χ2n) is 29.1. The van der Waals surface area contributed by atoms with Crippen molar-refractivity contribution in [3.8, 4) is 0 Å². The number of rotatable bonds is 3. The molecular formula is C83H84Br2Cl2N6. The summed E-state index contributed by atoms with van der Waals surface area (Å²) in [6.45, 7) is 33.8. The standard InChI is InChI=1S/C29H32N2.C27H26Br2N2.C27H26Cl2N2/c1-7-31-17-30(6)16-20-14-25-26(15-27(20)31)29(5)22-11-9-8-10-21(22)28(25,4)23-12-18(2)19(3)13-24(23)29;2*1-5-31-15-30(4)14-18-12-23-24(13-25(18)31)27(29)20-9-7-6-8-19(20)26(23,28)21-10-16(2)17(3)11-22(21)27/h8-15H,7,16-17H2,1-6H3;2*6-13H,5,14-15H2,1-4H3. The third-order valence-corrected chi connectivity index (χ3v) is 27.5. The molecule has 93 heavy (non-hydrogen) atoms. The maximum atomic E-state index is 7.75. The molecule has 0 saturated heterocycles. The zero-order chi connectivity index (χ0) is 65.1. The molecule has 6 unspecified atom stereocenters. The van der Waals surface area contributed by atoms with Gasteiger partial charge in [0.1, 0.15) is 18.4 Å². The Hall–Kier alpha value is -6.20. The molecule has 0 radical (unpaired) electrons. The molecule has 0 saturated carbocycles. The molecule has 6 bridgehead atoms. The highest BCUT2D eigenvalue weighted by molar-refractivity contribution is 9.10. The van der Waals surface area contributed by atoms with Crippen molar-refractivity contribution in [2.24, 2.45) is 0 Å². The number of halogens is 4. The van der Waals surface area contributed by atoms with Gasteiger partial charge in [0.2, 0.25) is 0 Å². The summed E-state index contributed by atoms with van der Waals surface area (Å²) in [5.74, 6) is 0. The predicted molar refractivity (Wildman–Crippen MR) is 395 cm³/mol. The van der Waals surface area contributed by atoms with E-state index in [9.17, 15) is 0 Å². The lowest BCUT2D eigenvalue weighted by molar-refractivity contribution is 0.310. The summed E-state index contributed by atoms with van der Waals surface area (Å²) in [6, 6.07) is 55.6. The van der Waals surface area contributed by atoms with E-state index in [1.165, 1.54) is 134 Å². The Balaban J connectivity index is 0.000000111. The summed E-state index contributed by atoms with van der Waals surface area (Å²) in [5, 5.41) is 0. The summed E-state index contributed by atoms with van der Waals surface area (Å²) in [4.78, 5) is 13.2. The molecule has 9 aromatic carbocycles. The average molecular weight is 1400 g/mol. The van der Waals surface area contributed by atoms with Crippen molar-refractivity contribution in [1.82, 2.24) is 14.7 Å². The van der Waals surface area contributed by atoms with Crippen molar-refractivity contribution < 1.29 is 0 Å². The van der Waals surface area contributed by atoms with Gasteiger partial charge in [-0.2, -0.15) is 0 Å². The molecule has 0 spiro atoms. The molecule has 474 valence electrons. The Bertz CT molecular complexity index is 4260. The summed E-state index contributed by atoms with van der Waals surface area (Å²) in [6.07, 6.45) is 0. The van der Waals surface area contributed by atoms with E-state index in [0.717, 1.165) is 92.7 Å². The molecular weight excluding hydrogens is 1310 g/mol. The maximum Gasteiger partial charge on any atom is 0.121 e. The number of fused-ring (bicyclic) bond motifs is 3. The number of anilines is 3. The molecule has 0 aromatic heterocycles. The fourth-order valence-electron chi connectivity index (χ4n) is 18.6. The molecule has 0 fully saturated rings. The van der Waals surface area contributed by atoms with Crippen LogP contribution in [0.2, 0.25) is 0 Å². The molecule has 9 aromatic rings. The van der Waals surface area contributed by atoms with Crippen LogP contribution >= 0.6 is 55.1 Å². The summed E-state index contributed by atoms with van der Waals surface area (Å²) < 4.78 is -0.662. The minimum Gasteiger partial charge on any atom is -0.359 e. The van der Waals surface area contributed by atoms with E-state index in [1.54, 1.807) is 0 Å². The van der Waals surface area contributed by atoms with Crippen molar-refractivity contribution in [2.45, 2.75) is 125 Å². The molecule has 0 N–H and O–H groups in total. The van der Waals surface area contributed by atoms with Crippen LogP contribution in [0.15, 0.2) is 146 Å². The van der Waals surface area contributed by atoms with E-state index in [2.05, 4.69) is 304 Å². The smallest absolute Gasteiger partial charge is 0.121 e. The van der Waals surface area contributed by atoms with E-state index < -0.39 is 9.75 Å². The van der Waals surface area contributed by atoms with E-state index >= 15 is 0 Å². The largest absolute Gasteiger partial charge is 0.359 e. The average Bonchev–Trinajstić information content (AvgIpc) is 0.679. The van der Waals surface area contributed by atoms with E-state index in [0.29, 0.717) is 0 Å². The monoisotopic (exact) mass is 1390 g/mol. The fraction of sp³-hybridized carbons (Fsp3) is 0.349. The zero-order valence-corrected chi connectivity index (χ0v) is 61.1. The first kappa shape index (κ1) is 61.7. The number of hydrogen-bond acceptors (Lipinski definition) is 6. The van der Waals surface area contributed by atoms with Crippen LogP contribution in [0.5, 0.6) is 0 Å². The van der Waals surface area contributed by atoms with Crippen molar-refractivity contribution in [3.63, 3.8) is 0 Å². The first-order valence-corrected chi connectivity index (χ1v) is 36.0. The van der Waals surface area contributed by atoms with E-state index in [-0.39, 0.29) is 19.5 Å². The Morgan fingerprint density at radius 3 is 0.935 bits per heavy atom. The van der Waals surface area contributed by atoms with Crippen LogP contribution in [0, 0.1) is 41.5 Å². The minimum absolute atomic E-state index is 0.112. The van der Waals surface area contributed by atoms with E-state index in [1.807, 2.05) is 0 Å². The molecule has 10 heteroatoms. The first-order valence-electron chi connectivity index (χ1n) is 33.7. The highest BCUT2D eigenvalue weighted by atomic mass is 79.9. The maximum absolute atomic E-state index is 7.75. The minimum atomic E-state index is -0.728. The SMILES string of the molecule is CCN1CN(C)Cc2cc3c(cc21)C1(Br)c2ccccc2C3(Br)c2cc(C)c(C)cc21.CCN1CN(C)Cc2cc3c(cc21)C1(C)c2ccccc2C3(C)c2cc(C)c(C)cc21.CCN1CN(C)Cc2cc3c(cc21)C1(Cl)c2ccccc2C3(Cl)c2cc(C)c(C)cc21. The van der Waals surface area contributed by atoms with Crippen molar-refractivity contribution in [1.29, 1.82) is 0 Å². The topological polar surface area (TPSA) is 19.4 Å². The molecule has 21 rings (SSSR count). The van der Waals surface area contributed by atoms with Crippen LogP contribution < -0.4 is 14.7 Å². The van der Waals surface area contributed by atoms with Gasteiger partial charge in [-0.05, 0) is 278 Å². The normalized spacial score (nSPS) is 25.7. The van der Waals surface area contributed by atoms with Crippen LogP contribution in [-0.4, -0.2) is 75.5 Å². The highest BCUT2D eigenvalue weighted by Gasteiger charge is 2.61. The molecule has 9 aliphatic carbocycles. The van der Waals surface area contributed by atoms with Crippen LogP contribution in [0.25, 0.3) is 0 Å². The van der Waals surface area contributed by atoms with Gasteiger partial charge in [-0.1, -0.05) is 147 Å². The lowest BCUT2D eigenvalue weighted by Gasteiger charge is -2.55. The highest BCUT2D eigenvalue weighted by Crippen LogP contribution is 2.69. The van der Waals surface area contributed by atoms with Gasteiger partial charge in [-0.15, -0.1) is 23.2 Å². The zero-order valence-electron chi connectivity index (χ0n) is 56.4. The lowest BCUT2D eigenvalue weighted by atomic mass is 9.48.